The van der Waals surface area contributed by atoms with Crippen molar-refractivity contribution in [2.75, 3.05) is 0 Å². The molecule has 0 saturated heterocycles. The van der Waals surface area contributed by atoms with Crippen LogP contribution in [0.25, 0.3) is 5.69 Å². The first kappa shape index (κ1) is 10.8. The van der Waals surface area contributed by atoms with Crippen molar-refractivity contribution in [1.82, 2.24) is 9.55 Å². The summed E-state index contributed by atoms with van der Waals surface area (Å²) >= 11 is 5.13. The molecule has 4 heteroatoms. The van der Waals surface area contributed by atoms with Crippen LogP contribution in [0.15, 0.2) is 35.3 Å². The van der Waals surface area contributed by atoms with Gasteiger partial charge < -0.3 is 0 Å². The second-order valence-electron chi connectivity index (χ2n) is 3.77. The highest BCUT2D eigenvalue weighted by atomic mass is 32.1. The third kappa shape index (κ3) is 1.97. The Kier molecular flexibility index (Phi) is 2.75. The summed E-state index contributed by atoms with van der Waals surface area (Å²) in [7, 11) is 0. The normalized spacial score (nSPS) is 10.4. The summed E-state index contributed by atoms with van der Waals surface area (Å²) in [6.07, 6.45) is 1.70. The highest BCUT2D eigenvalue weighted by Crippen LogP contribution is 2.15. The predicted molar refractivity (Wildman–Crippen MR) is 66.7 cm³/mol. The van der Waals surface area contributed by atoms with Crippen LogP contribution < -0.4 is 5.56 Å². The molecule has 1 aromatic carbocycles. The van der Waals surface area contributed by atoms with Crippen LogP contribution in [-0.2, 0) is 0 Å². The summed E-state index contributed by atoms with van der Waals surface area (Å²) in [4.78, 5) is 13.7. The first-order chi connectivity index (χ1) is 7.58. The van der Waals surface area contributed by atoms with E-state index in [9.17, 15) is 4.79 Å². The van der Waals surface area contributed by atoms with Crippen LogP contribution in [0.5, 0.6) is 0 Å². The number of nitrogens with one attached hydrogen (secondary N) is 1. The van der Waals surface area contributed by atoms with E-state index in [0.29, 0.717) is 4.77 Å². The van der Waals surface area contributed by atoms with Gasteiger partial charge in [-0.05, 0) is 43.3 Å². The lowest BCUT2D eigenvalue weighted by Gasteiger charge is -2.10. The molecule has 16 heavy (non-hydrogen) atoms. The van der Waals surface area contributed by atoms with E-state index in [4.69, 9.17) is 12.2 Å². The van der Waals surface area contributed by atoms with Gasteiger partial charge in [-0.2, -0.15) is 0 Å². The Morgan fingerprint density at radius 3 is 2.69 bits per heavy atom. The Morgan fingerprint density at radius 1 is 1.25 bits per heavy atom. The monoisotopic (exact) mass is 232 g/mol. The summed E-state index contributed by atoms with van der Waals surface area (Å²) in [5.41, 5.74) is 3.11. The second kappa shape index (κ2) is 4.06. The van der Waals surface area contributed by atoms with Crippen molar-refractivity contribution in [1.29, 1.82) is 0 Å². The smallest absolute Gasteiger partial charge is 0.251 e. The number of benzene rings is 1. The maximum Gasteiger partial charge on any atom is 0.251 e. The number of aryl methyl sites for hydroxylation is 2. The molecule has 2 rings (SSSR count). The lowest BCUT2D eigenvalue weighted by molar-refractivity contribution is 0.927. The SMILES string of the molecule is Cc1ccc(C)c(-n2ccc(=O)[nH]c2=S)c1. The fraction of sp³-hybridized carbons (Fsp3) is 0.167. The molecule has 0 bridgehead atoms. The van der Waals surface area contributed by atoms with Crippen LogP contribution in [-0.4, -0.2) is 9.55 Å². The first-order valence-electron chi connectivity index (χ1n) is 4.97. The van der Waals surface area contributed by atoms with E-state index in [1.165, 1.54) is 6.07 Å². The van der Waals surface area contributed by atoms with Crippen LogP contribution in [0.2, 0.25) is 0 Å². The summed E-state index contributed by atoms with van der Waals surface area (Å²) in [6.45, 7) is 4.04. The van der Waals surface area contributed by atoms with Crippen LogP contribution in [0, 0.1) is 18.6 Å². The number of nitrogens with zero attached hydrogens (tertiary/aromatic N) is 1. The van der Waals surface area contributed by atoms with Crippen molar-refractivity contribution in [2.24, 2.45) is 0 Å². The minimum Gasteiger partial charge on any atom is -0.299 e. The molecule has 0 atom stereocenters. The molecule has 0 amide bonds. The van der Waals surface area contributed by atoms with Gasteiger partial charge in [-0.1, -0.05) is 12.1 Å². The van der Waals surface area contributed by atoms with Crippen molar-refractivity contribution in [3.05, 3.63) is 56.7 Å². The van der Waals surface area contributed by atoms with Crippen LogP contribution in [0.3, 0.4) is 0 Å². The molecule has 1 N–H and O–H groups in total. The van der Waals surface area contributed by atoms with Gasteiger partial charge in [0.1, 0.15) is 0 Å². The molecule has 1 aromatic heterocycles. The average molecular weight is 232 g/mol. The summed E-state index contributed by atoms with van der Waals surface area (Å²) in [6, 6.07) is 7.60. The molecule has 2 aromatic rings. The maximum absolute atomic E-state index is 11.1. The Hall–Kier alpha value is -1.68. The van der Waals surface area contributed by atoms with Crippen LogP contribution in [0.4, 0.5) is 0 Å². The number of rotatable bonds is 1. The molecule has 0 fully saturated rings. The molecular formula is C12H12N2OS. The third-order valence-electron chi connectivity index (χ3n) is 2.45. The first-order valence-corrected chi connectivity index (χ1v) is 5.38. The van der Waals surface area contributed by atoms with Gasteiger partial charge in [0.05, 0.1) is 5.69 Å². The van der Waals surface area contributed by atoms with Crippen molar-refractivity contribution in [3.63, 3.8) is 0 Å². The summed E-state index contributed by atoms with van der Waals surface area (Å²) in [5.74, 6) is 0. The lowest BCUT2D eigenvalue weighted by atomic mass is 10.1. The lowest BCUT2D eigenvalue weighted by Crippen LogP contribution is -2.10. The van der Waals surface area contributed by atoms with Crippen LogP contribution in [0.1, 0.15) is 11.1 Å². The number of H-pyrrole nitrogens is 1. The van der Waals surface area contributed by atoms with Gasteiger partial charge in [-0.3, -0.25) is 14.3 Å². The van der Waals surface area contributed by atoms with E-state index in [-0.39, 0.29) is 5.56 Å². The summed E-state index contributed by atoms with van der Waals surface area (Å²) in [5, 5.41) is 0. The van der Waals surface area contributed by atoms with Crippen molar-refractivity contribution < 1.29 is 0 Å². The van der Waals surface area contributed by atoms with Gasteiger partial charge in [-0.25, -0.2) is 0 Å². The topological polar surface area (TPSA) is 37.8 Å². The molecule has 0 saturated carbocycles. The van der Waals surface area contributed by atoms with E-state index in [1.54, 1.807) is 10.8 Å². The van der Waals surface area contributed by atoms with Crippen molar-refractivity contribution in [3.8, 4) is 5.69 Å². The average Bonchev–Trinajstić information content (AvgIpc) is 2.22. The Balaban J connectivity index is 2.72. The molecule has 1 heterocycles. The van der Waals surface area contributed by atoms with Crippen LogP contribution >= 0.6 is 12.2 Å². The molecule has 0 spiro atoms. The fourth-order valence-electron chi connectivity index (χ4n) is 1.59. The standard InChI is InChI=1S/C12H12N2OS/c1-8-3-4-9(2)10(7-8)14-6-5-11(15)13-12(14)16/h3-7H,1-2H3,(H,13,15,16). The highest BCUT2D eigenvalue weighted by molar-refractivity contribution is 7.71. The van der Waals surface area contributed by atoms with E-state index < -0.39 is 0 Å². The molecule has 0 aliphatic carbocycles. The van der Waals surface area contributed by atoms with E-state index in [2.05, 4.69) is 4.98 Å². The van der Waals surface area contributed by atoms with Gasteiger partial charge in [0, 0.05) is 12.3 Å². The zero-order valence-electron chi connectivity index (χ0n) is 9.15. The van der Waals surface area contributed by atoms with E-state index in [0.717, 1.165) is 16.8 Å². The summed E-state index contributed by atoms with van der Waals surface area (Å²) < 4.78 is 2.22. The van der Waals surface area contributed by atoms with Gasteiger partial charge in [-0.15, -0.1) is 0 Å². The van der Waals surface area contributed by atoms with Gasteiger partial charge >= 0.3 is 0 Å². The second-order valence-corrected chi connectivity index (χ2v) is 4.16. The minimum absolute atomic E-state index is 0.174. The minimum atomic E-state index is -0.174. The Labute approximate surface area is 98.4 Å². The Morgan fingerprint density at radius 2 is 2.00 bits per heavy atom. The number of hydrogen-bond donors (Lipinski definition) is 1. The molecule has 0 radical (unpaired) electrons. The molecule has 0 aliphatic rings. The molecule has 0 unspecified atom stereocenters. The zero-order valence-corrected chi connectivity index (χ0v) is 9.97. The molecule has 0 aliphatic heterocycles. The van der Waals surface area contributed by atoms with Gasteiger partial charge in [0.2, 0.25) is 0 Å². The van der Waals surface area contributed by atoms with Gasteiger partial charge in [0.25, 0.3) is 5.56 Å². The quantitative estimate of drug-likeness (QED) is 0.767. The van der Waals surface area contributed by atoms with Crippen molar-refractivity contribution >= 4 is 12.2 Å². The number of hydrogen-bond acceptors (Lipinski definition) is 2. The molecular weight excluding hydrogens is 220 g/mol. The number of aromatic amines is 1. The highest BCUT2D eigenvalue weighted by Gasteiger charge is 2.01. The Bertz CT molecular complexity index is 640. The molecule has 82 valence electrons. The zero-order chi connectivity index (χ0) is 11.7. The van der Waals surface area contributed by atoms with Crippen molar-refractivity contribution in [2.45, 2.75) is 13.8 Å². The van der Waals surface area contributed by atoms with Gasteiger partial charge in [0.15, 0.2) is 4.77 Å². The third-order valence-corrected chi connectivity index (χ3v) is 2.75. The maximum atomic E-state index is 11.1. The van der Waals surface area contributed by atoms with E-state index >= 15 is 0 Å². The largest absolute Gasteiger partial charge is 0.299 e. The predicted octanol–water partition coefficient (Wildman–Crippen LogP) is 2.51. The fourth-order valence-corrected chi connectivity index (χ4v) is 1.85. The molecule has 3 nitrogen and oxygen atoms in total. The van der Waals surface area contributed by atoms with E-state index in [1.807, 2.05) is 32.0 Å². The number of aromatic nitrogens is 2.